The minimum atomic E-state index is -0.243. The van der Waals surface area contributed by atoms with Crippen molar-refractivity contribution in [1.29, 1.82) is 0 Å². The molecular formula is C16H19N3O4S. The van der Waals surface area contributed by atoms with E-state index in [9.17, 15) is 4.79 Å². The van der Waals surface area contributed by atoms with E-state index in [1.165, 1.54) is 31.8 Å². The first kappa shape index (κ1) is 17.7. The molecule has 0 fully saturated rings. The number of nitrogens with zero attached hydrogens (tertiary/aromatic N) is 2. The zero-order valence-corrected chi connectivity index (χ0v) is 14.8. The van der Waals surface area contributed by atoms with Gasteiger partial charge in [0.25, 0.3) is 0 Å². The van der Waals surface area contributed by atoms with Gasteiger partial charge >= 0.3 is 0 Å². The van der Waals surface area contributed by atoms with Crippen molar-refractivity contribution in [2.24, 2.45) is 5.10 Å². The Morgan fingerprint density at radius 1 is 1.25 bits per heavy atom. The maximum absolute atomic E-state index is 11.9. The molecule has 0 bridgehead atoms. The second-order valence-electron chi connectivity index (χ2n) is 4.80. The Morgan fingerprint density at radius 2 is 1.92 bits per heavy atom. The fourth-order valence-corrected chi connectivity index (χ4v) is 2.76. The first-order valence-electron chi connectivity index (χ1n) is 7.10. The molecule has 2 aromatic rings. The Kier molecular flexibility index (Phi) is 6.14. The number of thiazole rings is 1. The fraction of sp³-hybridized carbons (Fsp3) is 0.312. The second-order valence-corrected chi connectivity index (χ2v) is 5.74. The molecule has 1 heterocycles. The number of ether oxygens (including phenoxy) is 3. The lowest BCUT2D eigenvalue weighted by Gasteiger charge is -2.12. The largest absolute Gasteiger partial charge is 0.496 e. The van der Waals surface area contributed by atoms with Crippen molar-refractivity contribution in [2.45, 2.75) is 13.3 Å². The maximum atomic E-state index is 11.9. The number of hydrogen-bond donors (Lipinski definition) is 1. The normalized spacial score (nSPS) is 10.7. The third kappa shape index (κ3) is 4.45. The van der Waals surface area contributed by atoms with Crippen LogP contribution in [0.3, 0.4) is 0 Å². The molecule has 0 aliphatic carbocycles. The highest BCUT2D eigenvalue weighted by atomic mass is 32.1. The predicted molar refractivity (Wildman–Crippen MR) is 92.4 cm³/mol. The van der Waals surface area contributed by atoms with Crippen molar-refractivity contribution < 1.29 is 19.0 Å². The maximum Gasteiger partial charge on any atom is 0.246 e. The summed E-state index contributed by atoms with van der Waals surface area (Å²) in [6.45, 7) is 1.89. The first-order chi connectivity index (χ1) is 11.6. The van der Waals surface area contributed by atoms with Gasteiger partial charge in [0.15, 0.2) is 0 Å². The number of aromatic nitrogens is 1. The molecule has 0 aliphatic rings. The van der Waals surface area contributed by atoms with E-state index in [0.717, 1.165) is 10.7 Å². The number of nitrogens with one attached hydrogen (secondary N) is 1. The summed E-state index contributed by atoms with van der Waals surface area (Å²) in [6.07, 6.45) is 1.66. The topological polar surface area (TPSA) is 82.0 Å². The van der Waals surface area contributed by atoms with E-state index >= 15 is 0 Å². The van der Waals surface area contributed by atoms with Crippen LogP contribution in [0.2, 0.25) is 0 Å². The lowest BCUT2D eigenvalue weighted by molar-refractivity contribution is -0.120. The van der Waals surface area contributed by atoms with Gasteiger partial charge in [0.05, 0.1) is 39.5 Å². The van der Waals surface area contributed by atoms with Crippen LogP contribution in [0.1, 0.15) is 16.3 Å². The van der Waals surface area contributed by atoms with Gasteiger partial charge in [0.1, 0.15) is 22.3 Å². The SMILES string of the molecule is COc1cc(OC)c(/C=N\NC(=O)Cc2nc(C)cs2)c(OC)c1. The van der Waals surface area contributed by atoms with Gasteiger partial charge in [0.2, 0.25) is 5.91 Å². The Bertz CT molecular complexity index is 718. The number of aryl methyl sites for hydroxylation is 1. The van der Waals surface area contributed by atoms with Crippen LogP contribution in [-0.2, 0) is 11.2 Å². The number of carbonyl (C=O) groups excluding carboxylic acids is 1. The zero-order chi connectivity index (χ0) is 17.5. The van der Waals surface area contributed by atoms with Crippen LogP contribution in [0.4, 0.5) is 0 Å². The van der Waals surface area contributed by atoms with E-state index < -0.39 is 0 Å². The molecule has 0 saturated carbocycles. The summed E-state index contributed by atoms with van der Waals surface area (Å²) >= 11 is 1.45. The van der Waals surface area contributed by atoms with Gasteiger partial charge in [-0.05, 0) is 6.92 Å². The summed E-state index contributed by atoms with van der Waals surface area (Å²) < 4.78 is 15.8. The molecular weight excluding hydrogens is 330 g/mol. The number of methoxy groups -OCH3 is 3. The highest BCUT2D eigenvalue weighted by Gasteiger charge is 2.12. The van der Waals surface area contributed by atoms with Crippen LogP contribution < -0.4 is 19.6 Å². The minimum absolute atomic E-state index is 0.187. The van der Waals surface area contributed by atoms with Gasteiger partial charge in [-0.15, -0.1) is 11.3 Å². The Balaban J connectivity index is 2.09. The highest BCUT2D eigenvalue weighted by Crippen LogP contribution is 2.32. The van der Waals surface area contributed by atoms with Crippen LogP contribution in [0, 0.1) is 6.92 Å². The molecule has 1 aromatic carbocycles. The molecule has 1 N–H and O–H groups in total. The molecule has 8 heteroatoms. The summed E-state index contributed by atoms with van der Waals surface area (Å²) in [5, 5.41) is 6.62. The average molecular weight is 349 g/mol. The van der Waals surface area contributed by atoms with Gasteiger partial charge in [-0.3, -0.25) is 4.79 Å². The van der Waals surface area contributed by atoms with Crippen LogP contribution in [-0.4, -0.2) is 38.4 Å². The Hall–Kier alpha value is -2.61. The summed E-state index contributed by atoms with van der Waals surface area (Å²) in [5.41, 5.74) is 3.98. The molecule has 0 spiro atoms. The van der Waals surface area contributed by atoms with Gasteiger partial charge < -0.3 is 14.2 Å². The smallest absolute Gasteiger partial charge is 0.246 e. The Morgan fingerprint density at radius 3 is 2.42 bits per heavy atom. The highest BCUT2D eigenvalue weighted by molar-refractivity contribution is 7.09. The van der Waals surface area contributed by atoms with Gasteiger partial charge in [0, 0.05) is 23.2 Å². The molecule has 2 rings (SSSR count). The lowest BCUT2D eigenvalue weighted by atomic mass is 10.2. The van der Waals surface area contributed by atoms with Crippen molar-refractivity contribution in [3.63, 3.8) is 0 Å². The van der Waals surface area contributed by atoms with Crippen molar-refractivity contribution in [3.8, 4) is 17.2 Å². The van der Waals surface area contributed by atoms with E-state index in [-0.39, 0.29) is 12.3 Å². The number of hydrazone groups is 1. The third-order valence-electron chi connectivity index (χ3n) is 3.11. The summed E-state index contributed by atoms with van der Waals surface area (Å²) in [5.74, 6) is 1.41. The molecule has 0 saturated heterocycles. The molecule has 128 valence electrons. The number of amides is 1. The molecule has 0 unspecified atom stereocenters. The van der Waals surface area contributed by atoms with Gasteiger partial charge in [-0.25, -0.2) is 10.4 Å². The van der Waals surface area contributed by atoms with Gasteiger partial charge in [-0.1, -0.05) is 0 Å². The molecule has 0 aliphatic heterocycles. The van der Waals surface area contributed by atoms with Crippen molar-refractivity contribution in [1.82, 2.24) is 10.4 Å². The minimum Gasteiger partial charge on any atom is -0.496 e. The molecule has 24 heavy (non-hydrogen) atoms. The van der Waals surface area contributed by atoms with E-state index in [1.54, 1.807) is 19.2 Å². The molecule has 0 radical (unpaired) electrons. The Labute approximate surface area is 144 Å². The first-order valence-corrected chi connectivity index (χ1v) is 7.98. The van der Waals surface area contributed by atoms with E-state index in [2.05, 4.69) is 15.5 Å². The van der Waals surface area contributed by atoms with Crippen LogP contribution >= 0.6 is 11.3 Å². The summed E-state index contributed by atoms with van der Waals surface area (Å²) in [6, 6.07) is 3.42. The van der Waals surface area contributed by atoms with E-state index in [0.29, 0.717) is 22.8 Å². The molecule has 1 aromatic heterocycles. The monoisotopic (exact) mass is 349 g/mol. The quantitative estimate of drug-likeness (QED) is 0.612. The van der Waals surface area contributed by atoms with Crippen LogP contribution in [0.15, 0.2) is 22.6 Å². The molecule has 0 atom stereocenters. The second kappa shape index (κ2) is 8.30. The predicted octanol–water partition coefficient (Wildman–Crippen LogP) is 2.17. The molecule has 7 nitrogen and oxygen atoms in total. The number of benzene rings is 1. The van der Waals surface area contributed by atoms with Crippen molar-refractivity contribution in [3.05, 3.63) is 33.8 Å². The lowest BCUT2D eigenvalue weighted by Crippen LogP contribution is -2.19. The van der Waals surface area contributed by atoms with Crippen LogP contribution in [0.5, 0.6) is 17.2 Å². The fourth-order valence-electron chi connectivity index (χ4n) is 1.99. The number of carbonyl (C=O) groups is 1. The molecule has 1 amide bonds. The van der Waals surface area contributed by atoms with Gasteiger partial charge in [-0.2, -0.15) is 5.10 Å². The standard InChI is InChI=1S/C16H19N3O4S/c1-10-9-24-16(18-10)7-15(20)19-17-8-12-13(22-3)5-11(21-2)6-14(12)23-4/h5-6,8-9H,7H2,1-4H3,(H,19,20)/b17-8-. The summed E-state index contributed by atoms with van der Waals surface area (Å²) in [4.78, 5) is 16.1. The number of hydrogen-bond acceptors (Lipinski definition) is 7. The van der Waals surface area contributed by atoms with E-state index in [4.69, 9.17) is 14.2 Å². The third-order valence-corrected chi connectivity index (χ3v) is 4.08. The average Bonchev–Trinajstić information content (AvgIpc) is 2.99. The van der Waals surface area contributed by atoms with Crippen molar-refractivity contribution >= 4 is 23.5 Å². The zero-order valence-electron chi connectivity index (χ0n) is 14.0. The number of rotatable bonds is 7. The van der Waals surface area contributed by atoms with Crippen LogP contribution in [0.25, 0.3) is 0 Å². The van der Waals surface area contributed by atoms with E-state index in [1.807, 2.05) is 12.3 Å². The summed E-state index contributed by atoms with van der Waals surface area (Å²) in [7, 11) is 4.63. The van der Waals surface area contributed by atoms with Crippen molar-refractivity contribution in [2.75, 3.05) is 21.3 Å².